The van der Waals surface area contributed by atoms with Crippen molar-refractivity contribution in [3.8, 4) is 0 Å². The Balaban J connectivity index is 1.42. The molecule has 0 N–H and O–H groups in total. The number of rotatable bonds is 3. The molecule has 0 atom stereocenters. The zero-order valence-corrected chi connectivity index (χ0v) is 16.1. The van der Waals surface area contributed by atoms with E-state index in [9.17, 15) is 9.59 Å². The maximum Gasteiger partial charge on any atom is 0.410 e. The van der Waals surface area contributed by atoms with Crippen LogP contribution in [-0.4, -0.2) is 54.1 Å². The first-order valence-electron chi connectivity index (χ1n) is 9.64. The molecular weight excluding hydrogens is 354 g/mol. The molecule has 6 heteroatoms. The van der Waals surface area contributed by atoms with Gasteiger partial charge < -0.3 is 19.4 Å². The number of anilines is 1. The number of carbonyl (C=O) groups excluding carboxylic acids is 2. The average molecular weight is 379 g/mol. The number of likely N-dealkylation sites (N-methyl/N-ethyl adjacent to an activating group) is 1. The highest BCUT2D eigenvalue weighted by Crippen LogP contribution is 2.39. The van der Waals surface area contributed by atoms with Crippen molar-refractivity contribution in [2.24, 2.45) is 0 Å². The number of hydrogen-bond donors (Lipinski definition) is 0. The molecule has 4 rings (SSSR count). The second kappa shape index (κ2) is 7.54. The zero-order chi connectivity index (χ0) is 19.6. The van der Waals surface area contributed by atoms with Crippen molar-refractivity contribution >= 4 is 17.7 Å². The van der Waals surface area contributed by atoms with Crippen LogP contribution in [0.3, 0.4) is 0 Å². The Kier molecular flexibility index (Phi) is 4.94. The summed E-state index contributed by atoms with van der Waals surface area (Å²) in [5.41, 5.74) is 1.43. The molecule has 2 aliphatic heterocycles. The summed E-state index contributed by atoms with van der Waals surface area (Å²) in [6.07, 6.45) is 0.889. The molecule has 0 saturated carbocycles. The van der Waals surface area contributed by atoms with Gasteiger partial charge in [0.25, 0.3) is 0 Å². The topological polar surface area (TPSA) is 53.1 Å². The standard InChI is InChI=1S/C22H25N3O3/c1-23-17-25(19-10-6-3-7-11-19)22(20(23)26)12-14-24(15-13-22)21(27)28-16-18-8-4-2-5-9-18/h2-11H,12-17H2,1H3. The fourth-order valence-electron chi connectivity index (χ4n) is 4.17. The second-order valence-corrected chi connectivity index (χ2v) is 7.47. The minimum Gasteiger partial charge on any atom is -0.445 e. The summed E-state index contributed by atoms with van der Waals surface area (Å²) in [5, 5.41) is 0. The van der Waals surface area contributed by atoms with Gasteiger partial charge in [-0.3, -0.25) is 4.79 Å². The third-order valence-electron chi connectivity index (χ3n) is 5.74. The Morgan fingerprint density at radius 1 is 1.00 bits per heavy atom. The van der Waals surface area contributed by atoms with Gasteiger partial charge in [-0.2, -0.15) is 0 Å². The molecule has 2 aromatic carbocycles. The van der Waals surface area contributed by atoms with Crippen LogP contribution in [0.2, 0.25) is 0 Å². The SMILES string of the molecule is CN1CN(c2ccccc2)C2(CCN(C(=O)OCc3ccccc3)CC2)C1=O. The quantitative estimate of drug-likeness (QED) is 0.822. The molecule has 28 heavy (non-hydrogen) atoms. The smallest absolute Gasteiger partial charge is 0.410 e. The fraction of sp³-hybridized carbons (Fsp3) is 0.364. The molecule has 6 nitrogen and oxygen atoms in total. The van der Waals surface area contributed by atoms with E-state index in [1.54, 1.807) is 9.80 Å². The lowest BCUT2D eigenvalue weighted by Crippen LogP contribution is -2.57. The molecule has 0 unspecified atom stereocenters. The lowest BCUT2D eigenvalue weighted by Gasteiger charge is -2.42. The van der Waals surface area contributed by atoms with E-state index in [1.165, 1.54) is 0 Å². The molecule has 2 saturated heterocycles. The number of ether oxygens (including phenoxy) is 1. The predicted molar refractivity (Wildman–Crippen MR) is 107 cm³/mol. The summed E-state index contributed by atoms with van der Waals surface area (Å²) in [6, 6.07) is 19.7. The molecule has 0 radical (unpaired) electrons. The van der Waals surface area contributed by atoms with Crippen LogP contribution in [0.1, 0.15) is 18.4 Å². The van der Waals surface area contributed by atoms with E-state index in [1.807, 2.05) is 67.7 Å². The Morgan fingerprint density at radius 2 is 1.61 bits per heavy atom. The van der Waals surface area contributed by atoms with Crippen molar-refractivity contribution in [1.29, 1.82) is 0 Å². The zero-order valence-electron chi connectivity index (χ0n) is 16.1. The van der Waals surface area contributed by atoms with Crippen molar-refractivity contribution in [3.05, 3.63) is 66.2 Å². The average Bonchev–Trinajstić information content (AvgIpc) is 2.99. The third-order valence-corrected chi connectivity index (χ3v) is 5.74. The van der Waals surface area contributed by atoms with Gasteiger partial charge in [-0.15, -0.1) is 0 Å². The van der Waals surface area contributed by atoms with Crippen molar-refractivity contribution in [2.75, 3.05) is 31.7 Å². The third kappa shape index (κ3) is 3.30. The molecule has 0 aliphatic carbocycles. The van der Waals surface area contributed by atoms with Crippen LogP contribution in [0.5, 0.6) is 0 Å². The van der Waals surface area contributed by atoms with Crippen LogP contribution in [0.4, 0.5) is 10.5 Å². The normalized spacial score (nSPS) is 18.6. The summed E-state index contributed by atoms with van der Waals surface area (Å²) in [6.45, 7) is 1.85. The number of carbonyl (C=O) groups is 2. The van der Waals surface area contributed by atoms with Crippen molar-refractivity contribution in [1.82, 2.24) is 9.80 Å². The number of benzene rings is 2. The first-order chi connectivity index (χ1) is 13.6. The monoisotopic (exact) mass is 379 g/mol. The van der Waals surface area contributed by atoms with E-state index in [4.69, 9.17) is 4.74 Å². The predicted octanol–water partition coefficient (Wildman–Crippen LogP) is 3.09. The van der Waals surface area contributed by atoms with Crippen molar-refractivity contribution in [3.63, 3.8) is 0 Å². The van der Waals surface area contributed by atoms with Crippen molar-refractivity contribution in [2.45, 2.75) is 25.0 Å². The van der Waals surface area contributed by atoms with E-state index < -0.39 is 5.54 Å². The highest BCUT2D eigenvalue weighted by molar-refractivity contribution is 5.93. The highest BCUT2D eigenvalue weighted by Gasteiger charge is 2.53. The number of nitrogens with zero attached hydrogens (tertiary/aromatic N) is 3. The summed E-state index contributed by atoms with van der Waals surface area (Å²) in [4.78, 5) is 31.1. The Morgan fingerprint density at radius 3 is 2.25 bits per heavy atom. The molecule has 0 aromatic heterocycles. The van der Waals surface area contributed by atoms with Gasteiger partial charge in [0.15, 0.2) is 0 Å². The number of hydrogen-bond acceptors (Lipinski definition) is 4. The number of piperidine rings is 1. The van der Waals surface area contributed by atoms with Gasteiger partial charge in [0.2, 0.25) is 5.91 Å². The molecule has 2 aromatic rings. The van der Waals surface area contributed by atoms with Crippen LogP contribution in [0.15, 0.2) is 60.7 Å². The van der Waals surface area contributed by atoms with Crippen LogP contribution in [0, 0.1) is 0 Å². The summed E-state index contributed by atoms with van der Waals surface area (Å²) >= 11 is 0. The van der Waals surface area contributed by atoms with Crippen molar-refractivity contribution < 1.29 is 14.3 Å². The van der Waals surface area contributed by atoms with Crippen LogP contribution in [-0.2, 0) is 16.1 Å². The van der Waals surface area contributed by atoms with Gasteiger partial charge in [-0.1, -0.05) is 48.5 Å². The molecule has 2 heterocycles. The Bertz CT molecular complexity index is 833. The van der Waals surface area contributed by atoms with Gasteiger partial charge in [-0.25, -0.2) is 4.79 Å². The molecule has 0 bridgehead atoms. The maximum absolute atomic E-state index is 13.0. The largest absolute Gasteiger partial charge is 0.445 e. The van der Waals surface area contributed by atoms with E-state index in [0.717, 1.165) is 11.3 Å². The minimum absolute atomic E-state index is 0.133. The van der Waals surface area contributed by atoms with Crippen LogP contribution >= 0.6 is 0 Å². The lowest BCUT2D eigenvalue weighted by atomic mass is 9.85. The highest BCUT2D eigenvalue weighted by atomic mass is 16.6. The van der Waals surface area contributed by atoms with E-state index >= 15 is 0 Å². The molecular formula is C22H25N3O3. The molecule has 1 spiro atoms. The molecule has 146 valence electrons. The van der Waals surface area contributed by atoms with Crippen LogP contribution < -0.4 is 4.90 Å². The maximum atomic E-state index is 13.0. The van der Waals surface area contributed by atoms with Gasteiger partial charge in [0.1, 0.15) is 12.1 Å². The van der Waals surface area contributed by atoms with Gasteiger partial charge in [0.05, 0.1) is 6.67 Å². The Labute approximate surface area is 165 Å². The summed E-state index contributed by atoms with van der Waals surface area (Å²) in [7, 11) is 1.84. The number of likely N-dealkylation sites (tertiary alicyclic amines) is 1. The van der Waals surface area contributed by atoms with E-state index in [2.05, 4.69) is 4.90 Å². The summed E-state index contributed by atoms with van der Waals surface area (Å²) < 4.78 is 5.46. The molecule has 2 amide bonds. The molecule has 2 fully saturated rings. The number of para-hydroxylation sites is 1. The van der Waals surface area contributed by atoms with Crippen LogP contribution in [0.25, 0.3) is 0 Å². The second-order valence-electron chi connectivity index (χ2n) is 7.47. The lowest BCUT2D eigenvalue weighted by molar-refractivity contribution is -0.132. The molecule has 2 aliphatic rings. The first-order valence-corrected chi connectivity index (χ1v) is 9.64. The summed E-state index contributed by atoms with van der Waals surface area (Å²) in [5.74, 6) is 0.133. The number of amides is 2. The minimum atomic E-state index is -0.577. The Hall–Kier alpha value is -3.02. The van der Waals surface area contributed by atoms with Gasteiger partial charge >= 0.3 is 6.09 Å². The van der Waals surface area contributed by atoms with E-state index in [0.29, 0.717) is 32.6 Å². The van der Waals surface area contributed by atoms with Gasteiger partial charge in [-0.05, 0) is 30.5 Å². The van der Waals surface area contributed by atoms with E-state index in [-0.39, 0.29) is 18.6 Å². The van der Waals surface area contributed by atoms with Gasteiger partial charge in [0, 0.05) is 25.8 Å². The first kappa shape index (κ1) is 18.3. The fourth-order valence-corrected chi connectivity index (χ4v) is 4.17.